The Hall–Kier alpha value is 0.591. The van der Waals surface area contributed by atoms with Crippen molar-refractivity contribution in [2.45, 2.75) is 173 Å². The Morgan fingerprint density at radius 2 is 1.31 bits per heavy atom. The van der Waals surface area contributed by atoms with Crippen LogP contribution in [0.1, 0.15) is 163 Å². The quantitative estimate of drug-likeness (QED) is 0.183. The van der Waals surface area contributed by atoms with Crippen LogP contribution < -0.4 is 24.8 Å². The van der Waals surface area contributed by atoms with Gasteiger partial charge in [-0.1, -0.05) is 128 Å². The number of carbonyl (C=O) groups excluding carboxylic acids is 1. The number of rotatable bonds is 15. The number of carbonyl (C=O) groups is 1. The average molecular weight is 668 g/mol. The van der Waals surface area contributed by atoms with E-state index in [9.17, 15) is 4.79 Å². The van der Waals surface area contributed by atoms with Gasteiger partial charge in [0, 0.05) is 13.8 Å². The molecule has 5 fully saturated rings. The number of unbranched alkanes of at least 4 members (excludes halogenated alkanes) is 8. The van der Waals surface area contributed by atoms with E-state index in [2.05, 4.69) is 27.7 Å². The first-order chi connectivity index (χ1) is 19.0. The molecule has 5 aliphatic carbocycles. The molecule has 1 amide bonds. The van der Waals surface area contributed by atoms with Crippen molar-refractivity contribution in [1.82, 2.24) is 0 Å². The molecular weight excluding hydrogens is 609 g/mol. The van der Waals surface area contributed by atoms with E-state index in [1.807, 2.05) is 16.3 Å². The summed E-state index contributed by atoms with van der Waals surface area (Å²) in [4.78, 5) is 12.8. The van der Waals surface area contributed by atoms with E-state index >= 15 is 0 Å². The van der Waals surface area contributed by atoms with Crippen molar-refractivity contribution in [3.8, 4) is 0 Å². The molecule has 2 nitrogen and oxygen atoms in total. The zero-order valence-electron chi connectivity index (χ0n) is 27.2. The molecule has 1 heterocycles. The average Bonchev–Trinajstić information content (AvgIpc) is 3.86. The molecule has 1 N–H and O–H groups in total. The maximum absolute atomic E-state index is 12.8. The molecule has 7 unspecified atom stereocenters. The third-order valence-electron chi connectivity index (χ3n) is 13.4. The molecule has 6 aliphatic rings. The predicted octanol–water partition coefficient (Wildman–Crippen LogP) is 4.77. The summed E-state index contributed by atoms with van der Waals surface area (Å²) in [5.41, 5.74) is 13.7. The van der Waals surface area contributed by atoms with Crippen molar-refractivity contribution >= 4 is 19.5 Å². The van der Waals surface area contributed by atoms with Crippen LogP contribution in [0.15, 0.2) is 11.1 Å². The predicted molar refractivity (Wildman–Crippen MR) is 167 cm³/mol. The van der Waals surface area contributed by atoms with E-state index in [1.54, 1.807) is 0 Å². The largest absolute Gasteiger partial charge is 3.00 e. The maximum Gasteiger partial charge on any atom is 3.00 e. The second-order valence-corrected chi connectivity index (χ2v) is 18.0. The van der Waals surface area contributed by atoms with E-state index < -0.39 is 8.41 Å². The second-order valence-electron chi connectivity index (χ2n) is 14.8. The minimum Gasteiger partial charge on any atom is -1.00 e. The van der Waals surface area contributed by atoms with Crippen molar-refractivity contribution in [1.29, 1.82) is 0 Å². The van der Waals surface area contributed by atoms with Crippen molar-refractivity contribution < 1.29 is 51.3 Å². The van der Waals surface area contributed by atoms with Crippen LogP contribution in [0.5, 0.6) is 0 Å². The van der Waals surface area contributed by atoms with E-state index in [0.717, 1.165) is 17.9 Å². The first kappa shape index (κ1) is 37.1. The summed E-state index contributed by atoms with van der Waals surface area (Å²) >= 11 is 0. The summed E-state index contributed by atoms with van der Waals surface area (Å²) in [6, 6.07) is 0. The molecule has 5 saturated carbocycles. The topological polar surface area (TPSA) is 40.9 Å². The van der Waals surface area contributed by atoms with Gasteiger partial charge in [-0.15, -0.1) is 0 Å². The number of hydrogen-bond donors (Lipinski definition) is 0. The minimum absolute atomic E-state index is 0. The van der Waals surface area contributed by atoms with Gasteiger partial charge in [-0.2, -0.15) is 0 Å². The Labute approximate surface area is 287 Å². The summed E-state index contributed by atoms with van der Waals surface area (Å²) in [5.74, 6) is 1.33. The standard InChI is InChI=1S/C36H59NOSi.2ClH.Ti/c1-5-8-10-12-15-19-22-27-26(4)39(29(7-3)28(27)23-18-11-9-6-2)34-25-21-17-14-13-16-20-24-33(32(37)38)30-35(33)31(34)36(30,34)35;;;/h26,30-31H,5-25H2,1-4H3,(H2,37,38);2*1H;/q;;;+3/p-3. The second kappa shape index (κ2) is 14.1. The van der Waals surface area contributed by atoms with Gasteiger partial charge in [-0.25, -0.2) is 0 Å². The molecule has 2 spiro atoms. The van der Waals surface area contributed by atoms with Gasteiger partial charge in [0.1, 0.15) is 0 Å². The molecule has 7 atom stereocenters. The van der Waals surface area contributed by atoms with Crippen LogP contribution in [-0.2, 0) is 26.5 Å². The van der Waals surface area contributed by atoms with Crippen molar-refractivity contribution in [2.24, 2.45) is 28.1 Å². The molecule has 0 aromatic carbocycles. The number of allylic oxidation sites excluding steroid dienone is 2. The van der Waals surface area contributed by atoms with Gasteiger partial charge in [-0.05, 0) is 83.8 Å². The molecule has 1 radical (unpaired) electrons. The fourth-order valence-corrected chi connectivity index (χ4v) is 17.6. The zero-order valence-corrected chi connectivity index (χ0v) is 31.3. The summed E-state index contributed by atoms with van der Waals surface area (Å²) in [5, 5.41) is 2.57. The van der Waals surface area contributed by atoms with Crippen LogP contribution in [0.2, 0.25) is 10.6 Å². The number of amides is 1. The fourth-order valence-electron chi connectivity index (χ4n) is 12.0. The number of nitrogens with one attached hydrogen (secondary N) is 1. The molecule has 235 valence electrons. The van der Waals surface area contributed by atoms with Gasteiger partial charge in [-0.3, -0.25) is 0 Å². The Balaban J connectivity index is 0.00000161. The SMILES string of the molecule is CCCCCCCCC1=C(CCCCCC)C(CC)=[Si](C23CCCCCCCCC4(C([NH-])=O)C5C46C2C536)C1C.[Cl-].[Cl-].[Ti+3]. The van der Waals surface area contributed by atoms with Crippen molar-refractivity contribution in [2.75, 3.05) is 0 Å². The van der Waals surface area contributed by atoms with Crippen LogP contribution in [0.25, 0.3) is 5.73 Å². The zero-order chi connectivity index (χ0) is 27.5. The maximum atomic E-state index is 12.8. The molecule has 42 heavy (non-hydrogen) atoms. The van der Waals surface area contributed by atoms with Crippen molar-refractivity contribution in [3.05, 3.63) is 16.9 Å². The summed E-state index contributed by atoms with van der Waals surface area (Å²) < 4.78 is 0. The van der Waals surface area contributed by atoms with Gasteiger partial charge in [0.25, 0.3) is 0 Å². The fraction of sp³-hybridized carbons (Fsp3) is 0.889. The Bertz CT molecular complexity index is 1060. The summed E-state index contributed by atoms with van der Waals surface area (Å²) in [6.07, 6.45) is 28.5. The summed E-state index contributed by atoms with van der Waals surface area (Å²) in [7, 11) is -0.637. The van der Waals surface area contributed by atoms with Gasteiger partial charge in [0.2, 0.25) is 0 Å². The van der Waals surface area contributed by atoms with Crippen LogP contribution in [0.4, 0.5) is 0 Å². The van der Waals surface area contributed by atoms with Gasteiger partial charge in [0.15, 0.2) is 0 Å². The van der Waals surface area contributed by atoms with E-state index in [4.69, 9.17) is 5.73 Å². The first-order valence-electron chi connectivity index (χ1n) is 17.7. The third-order valence-corrected chi connectivity index (χ3v) is 17.8. The summed E-state index contributed by atoms with van der Waals surface area (Å²) in [6.45, 7) is 9.83. The molecule has 0 bridgehead atoms. The van der Waals surface area contributed by atoms with E-state index in [0.29, 0.717) is 21.8 Å². The van der Waals surface area contributed by atoms with Gasteiger partial charge < -0.3 is 35.3 Å². The minimum atomic E-state index is -0.637. The molecule has 6 heteroatoms. The number of hydrogen-bond acceptors (Lipinski definition) is 1. The number of fused-ring (bicyclic) bond motifs is 1. The molecular formula is C36H58Cl2NOSiTi. The molecule has 0 aromatic heterocycles. The van der Waals surface area contributed by atoms with E-state index in [-0.39, 0.29) is 57.9 Å². The molecule has 1 aliphatic heterocycles. The van der Waals surface area contributed by atoms with Crippen LogP contribution >= 0.6 is 0 Å². The first-order valence-corrected chi connectivity index (χ1v) is 19.3. The van der Waals surface area contributed by atoms with Gasteiger partial charge in [0.05, 0.1) is 5.91 Å². The number of halogens is 2. The Morgan fingerprint density at radius 1 is 0.762 bits per heavy atom. The van der Waals surface area contributed by atoms with Crippen molar-refractivity contribution in [3.63, 3.8) is 0 Å². The molecule has 0 aromatic rings. The van der Waals surface area contributed by atoms with Crippen LogP contribution in [0, 0.1) is 28.1 Å². The smallest absolute Gasteiger partial charge is 1.00 e. The Kier molecular flexibility index (Phi) is 12.5. The molecule has 6 rings (SSSR count). The Morgan fingerprint density at radius 3 is 1.88 bits per heavy atom. The monoisotopic (exact) mass is 666 g/mol. The van der Waals surface area contributed by atoms with Crippen LogP contribution in [-0.4, -0.2) is 19.5 Å². The third kappa shape index (κ3) is 4.68. The normalized spacial score (nSPS) is 38.5. The van der Waals surface area contributed by atoms with Crippen LogP contribution in [0.3, 0.4) is 0 Å². The molecule has 0 saturated heterocycles. The van der Waals surface area contributed by atoms with Gasteiger partial charge >= 0.3 is 21.7 Å². The van der Waals surface area contributed by atoms with E-state index in [1.165, 1.54) is 128 Å².